The molecule has 0 spiro atoms. The quantitative estimate of drug-likeness (QED) is 0.693. The SMILES string of the molecule is O=C(Sc1ncccc1C(=O)Nc1ccc(Cl)cc1)c1ccncc1. The number of benzene rings is 1. The van der Waals surface area contributed by atoms with Crippen LogP contribution < -0.4 is 5.32 Å². The number of carbonyl (C=O) groups is 2. The van der Waals surface area contributed by atoms with Gasteiger partial charge in [-0.3, -0.25) is 14.6 Å². The van der Waals surface area contributed by atoms with Crippen molar-refractivity contribution in [3.8, 4) is 0 Å². The second-order valence-electron chi connectivity index (χ2n) is 4.94. The van der Waals surface area contributed by atoms with Crippen LogP contribution in [0.25, 0.3) is 0 Å². The highest BCUT2D eigenvalue weighted by molar-refractivity contribution is 8.14. The van der Waals surface area contributed by atoms with Gasteiger partial charge in [-0.2, -0.15) is 0 Å². The smallest absolute Gasteiger partial charge is 0.258 e. The lowest BCUT2D eigenvalue weighted by molar-refractivity contribution is 0.102. The van der Waals surface area contributed by atoms with Gasteiger partial charge in [-0.25, -0.2) is 4.98 Å². The molecule has 1 amide bonds. The highest BCUT2D eigenvalue weighted by Gasteiger charge is 2.17. The van der Waals surface area contributed by atoms with Gasteiger partial charge >= 0.3 is 0 Å². The summed E-state index contributed by atoms with van der Waals surface area (Å²) in [5.74, 6) is -0.347. The molecule has 0 radical (unpaired) electrons. The summed E-state index contributed by atoms with van der Waals surface area (Å²) in [6.07, 6.45) is 4.63. The molecule has 124 valence electrons. The molecule has 0 atom stereocenters. The predicted molar refractivity (Wildman–Crippen MR) is 98.1 cm³/mol. The first-order chi connectivity index (χ1) is 12.1. The Hall–Kier alpha value is -2.70. The van der Waals surface area contributed by atoms with Crippen molar-refractivity contribution >= 4 is 40.1 Å². The Morgan fingerprint density at radius 3 is 2.40 bits per heavy atom. The Balaban J connectivity index is 1.79. The number of nitrogens with one attached hydrogen (secondary N) is 1. The minimum atomic E-state index is -0.347. The average molecular weight is 370 g/mol. The third-order valence-corrected chi connectivity index (χ3v) is 4.42. The fourth-order valence-electron chi connectivity index (χ4n) is 2.01. The molecular formula is C18H12ClN3O2S. The fraction of sp³-hybridized carbons (Fsp3) is 0. The van der Waals surface area contributed by atoms with E-state index in [0.717, 1.165) is 11.8 Å². The van der Waals surface area contributed by atoms with E-state index in [1.165, 1.54) is 0 Å². The second-order valence-corrected chi connectivity index (χ2v) is 6.34. The van der Waals surface area contributed by atoms with Crippen LogP contribution in [-0.2, 0) is 0 Å². The molecule has 0 aliphatic heterocycles. The highest BCUT2D eigenvalue weighted by atomic mass is 35.5. The summed E-state index contributed by atoms with van der Waals surface area (Å²) >= 11 is 6.74. The van der Waals surface area contributed by atoms with Crippen molar-refractivity contribution in [2.75, 3.05) is 5.32 Å². The minimum absolute atomic E-state index is 0.207. The van der Waals surface area contributed by atoms with Crippen LogP contribution in [0.2, 0.25) is 5.02 Å². The van der Waals surface area contributed by atoms with Crippen molar-refractivity contribution in [1.82, 2.24) is 9.97 Å². The summed E-state index contributed by atoms with van der Waals surface area (Å²) in [7, 11) is 0. The van der Waals surface area contributed by atoms with Gasteiger partial charge < -0.3 is 5.32 Å². The number of nitrogens with zero attached hydrogens (tertiary/aromatic N) is 2. The average Bonchev–Trinajstić information content (AvgIpc) is 2.64. The third-order valence-electron chi connectivity index (χ3n) is 3.22. The summed E-state index contributed by atoms with van der Waals surface area (Å²) in [6.45, 7) is 0. The number of halogens is 1. The maximum Gasteiger partial charge on any atom is 0.258 e. The number of thioether (sulfide) groups is 1. The topological polar surface area (TPSA) is 72.0 Å². The van der Waals surface area contributed by atoms with Gasteiger partial charge in [0.2, 0.25) is 5.12 Å². The van der Waals surface area contributed by atoms with Crippen LogP contribution in [0.15, 0.2) is 72.1 Å². The Morgan fingerprint density at radius 1 is 0.960 bits per heavy atom. The lowest BCUT2D eigenvalue weighted by Crippen LogP contribution is -2.14. The number of amides is 1. The summed E-state index contributed by atoms with van der Waals surface area (Å²) in [4.78, 5) is 32.9. The van der Waals surface area contributed by atoms with Gasteiger partial charge in [0.1, 0.15) is 5.03 Å². The van der Waals surface area contributed by atoms with Gasteiger partial charge in [0.05, 0.1) is 5.56 Å². The van der Waals surface area contributed by atoms with Crippen molar-refractivity contribution in [2.45, 2.75) is 5.03 Å². The monoisotopic (exact) mass is 369 g/mol. The van der Waals surface area contributed by atoms with Crippen molar-refractivity contribution < 1.29 is 9.59 Å². The fourth-order valence-corrected chi connectivity index (χ4v) is 2.95. The zero-order valence-corrected chi connectivity index (χ0v) is 14.4. The molecular weight excluding hydrogens is 358 g/mol. The third kappa shape index (κ3) is 4.43. The standard InChI is InChI=1S/C18H12ClN3O2S/c19-13-3-5-14(6-4-13)22-16(23)15-2-1-9-21-17(15)25-18(24)12-7-10-20-11-8-12/h1-11H,(H,22,23). The van der Waals surface area contributed by atoms with E-state index in [9.17, 15) is 9.59 Å². The van der Waals surface area contributed by atoms with Crippen LogP contribution in [0, 0.1) is 0 Å². The zero-order valence-electron chi connectivity index (χ0n) is 12.8. The van der Waals surface area contributed by atoms with E-state index in [0.29, 0.717) is 26.9 Å². The van der Waals surface area contributed by atoms with Crippen molar-refractivity contribution in [3.63, 3.8) is 0 Å². The number of hydrogen-bond acceptors (Lipinski definition) is 5. The first kappa shape index (κ1) is 17.1. The van der Waals surface area contributed by atoms with Crippen LogP contribution in [0.5, 0.6) is 0 Å². The van der Waals surface area contributed by atoms with E-state index in [1.807, 2.05) is 0 Å². The molecule has 1 N–H and O–H groups in total. The minimum Gasteiger partial charge on any atom is -0.322 e. The first-order valence-electron chi connectivity index (χ1n) is 7.27. The van der Waals surface area contributed by atoms with Gasteiger partial charge in [0.25, 0.3) is 5.91 Å². The molecule has 5 nitrogen and oxygen atoms in total. The zero-order chi connectivity index (χ0) is 17.6. The van der Waals surface area contributed by atoms with Gasteiger partial charge in [0, 0.05) is 34.9 Å². The number of pyridine rings is 2. The Bertz CT molecular complexity index is 902. The number of aromatic nitrogens is 2. The van der Waals surface area contributed by atoms with E-state index >= 15 is 0 Å². The van der Waals surface area contributed by atoms with E-state index in [-0.39, 0.29) is 11.0 Å². The maximum absolute atomic E-state index is 12.5. The summed E-state index contributed by atoms with van der Waals surface area (Å²) < 4.78 is 0. The molecule has 0 bridgehead atoms. The summed E-state index contributed by atoms with van der Waals surface area (Å²) in [5.41, 5.74) is 1.43. The van der Waals surface area contributed by atoms with Crippen LogP contribution in [0.4, 0.5) is 5.69 Å². The lowest BCUT2D eigenvalue weighted by Gasteiger charge is -2.08. The molecule has 0 saturated carbocycles. The molecule has 25 heavy (non-hydrogen) atoms. The molecule has 3 rings (SSSR count). The lowest BCUT2D eigenvalue weighted by atomic mass is 10.2. The largest absolute Gasteiger partial charge is 0.322 e. The van der Waals surface area contributed by atoms with Crippen molar-refractivity contribution in [1.29, 1.82) is 0 Å². The maximum atomic E-state index is 12.5. The highest BCUT2D eigenvalue weighted by Crippen LogP contribution is 2.25. The summed E-state index contributed by atoms with van der Waals surface area (Å²) in [6, 6.07) is 13.3. The van der Waals surface area contributed by atoms with Crippen LogP contribution in [0.1, 0.15) is 20.7 Å². The number of hydrogen-bond donors (Lipinski definition) is 1. The molecule has 0 fully saturated rings. The van der Waals surface area contributed by atoms with Gasteiger partial charge in [0.15, 0.2) is 0 Å². The Morgan fingerprint density at radius 2 is 1.68 bits per heavy atom. The summed E-state index contributed by atoms with van der Waals surface area (Å²) in [5, 5.41) is 3.49. The molecule has 0 aliphatic rings. The molecule has 7 heteroatoms. The second kappa shape index (κ2) is 7.92. The van der Waals surface area contributed by atoms with Crippen LogP contribution >= 0.6 is 23.4 Å². The molecule has 2 aromatic heterocycles. The molecule has 3 aromatic rings. The Labute approximate surface area is 153 Å². The van der Waals surface area contributed by atoms with Gasteiger partial charge in [-0.05, 0) is 60.3 Å². The van der Waals surface area contributed by atoms with E-state index < -0.39 is 0 Å². The van der Waals surface area contributed by atoms with Crippen LogP contribution in [0.3, 0.4) is 0 Å². The van der Waals surface area contributed by atoms with Gasteiger partial charge in [-0.1, -0.05) is 11.6 Å². The van der Waals surface area contributed by atoms with Crippen LogP contribution in [-0.4, -0.2) is 21.0 Å². The van der Waals surface area contributed by atoms with E-state index in [2.05, 4.69) is 15.3 Å². The van der Waals surface area contributed by atoms with Gasteiger partial charge in [-0.15, -0.1) is 0 Å². The molecule has 1 aromatic carbocycles. The Kier molecular flexibility index (Phi) is 5.42. The molecule has 2 heterocycles. The number of anilines is 1. The van der Waals surface area contributed by atoms with E-state index in [1.54, 1.807) is 67.1 Å². The normalized spacial score (nSPS) is 10.3. The first-order valence-corrected chi connectivity index (χ1v) is 8.47. The number of carbonyl (C=O) groups excluding carboxylic acids is 2. The number of rotatable bonds is 4. The van der Waals surface area contributed by atoms with Crippen molar-refractivity contribution in [3.05, 3.63) is 83.3 Å². The van der Waals surface area contributed by atoms with E-state index in [4.69, 9.17) is 11.6 Å². The molecule has 0 unspecified atom stereocenters. The van der Waals surface area contributed by atoms with Crippen molar-refractivity contribution in [2.24, 2.45) is 0 Å². The molecule has 0 saturated heterocycles. The predicted octanol–water partition coefficient (Wildman–Crippen LogP) is 4.31. The molecule has 0 aliphatic carbocycles.